The third kappa shape index (κ3) is 5.52. The van der Waals surface area contributed by atoms with Crippen molar-refractivity contribution < 1.29 is 19.0 Å². The largest absolute Gasteiger partial charge is 0.491 e. The highest BCUT2D eigenvalue weighted by atomic mass is 32.1. The van der Waals surface area contributed by atoms with E-state index in [0.29, 0.717) is 29.9 Å². The van der Waals surface area contributed by atoms with E-state index in [4.69, 9.17) is 9.84 Å². The van der Waals surface area contributed by atoms with Crippen LogP contribution in [0, 0.1) is 17.7 Å². The van der Waals surface area contributed by atoms with E-state index in [2.05, 4.69) is 21.7 Å². The molecule has 142 valence electrons. The molecule has 0 radical (unpaired) electrons. The fraction of sp³-hybridized carbons (Fsp3) is 0.400. The summed E-state index contributed by atoms with van der Waals surface area (Å²) in [4.78, 5) is 17.8. The van der Waals surface area contributed by atoms with Crippen LogP contribution in [0.15, 0.2) is 23.7 Å². The molecule has 0 spiro atoms. The van der Waals surface area contributed by atoms with E-state index >= 15 is 0 Å². The molecule has 1 aromatic carbocycles. The molecule has 3 rings (SSSR count). The van der Waals surface area contributed by atoms with Crippen molar-refractivity contribution in [2.24, 2.45) is 0 Å². The second-order valence-corrected chi connectivity index (χ2v) is 7.25. The van der Waals surface area contributed by atoms with Gasteiger partial charge < -0.3 is 9.84 Å². The molecular weight excluding hydrogens is 367 g/mol. The zero-order valence-electron chi connectivity index (χ0n) is 14.9. The second kappa shape index (κ2) is 9.49. The van der Waals surface area contributed by atoms with Gasteiger partial charge in [-0.1, -0.05) is 11.8 Å². The van der Waals surface area contributed by atoms with Gasteiger partial charge in [0.15, 0.2) is 17.3 Å². The molecule has 0 saturated carbocycles. The number of hydrogen-bond acceptors (Lipinski definition) is 5. The SMILES string of the molecule is O=C(O)c1ncsc1CCCOc1ccc(C#CCN2CCCC2)cc1F. The van der Waals surface area contributed by atoms with Crippen LogP contribution >= 0.6 is 11.3 Å². The van der Waals surface area contributed by atoms with Crippen LogP contribution in [0.3, 0.4) is 0 Å². The molecule has 27 heavy (non-hydrogen) atoms. The van der Waals surface area contributed by atoms with Crippen LogP contribution in [0.2, 0.25) is 0 Å². The number of ether oxygens (including phenoxy) is 1. The molecule has 1 saturated heterocycles. The predicted molar refractivity (Wildman–Crippen MR) is 102 cm³/mol. The minimum absolute atomic E-state index is 0.0861. The van der Waals surface area contributed by atoms with Gasteiger partial charge in [0.2, 0.25) is 0 Å². The number of carboxylic acid groups (broad SMARTS) is 1. The molecule has 1 aliphatic rings. The molecule has 1 aromatic heterocycles. The van der Waals surface area contributed by atoms with Crippen molar-refractivity contribution in [3.05, 3.63) is 45.7 Å². The smallest absolute Gasteiger partial charge is 0.355 e. The lowest BCUT2D eigenvalue weighted by Crippen LogP contribution is -2.18. The highest BCUT2D eigenvalue weighted by Crippen LogP contribution is 2.20. The van der Waals surface area contributed by atoms with Gasteiger partial charge >= 0.3 is 5.97 Å². The Morgan fingerprint density at radius 2 is 2.19 bits per heavy atom. The third-order valence-corrected chi connectivity index (χ3v) is 5.21. The Morgan fingerprint density at radius 3 is 2.93 bits per heavy atom. The van der Waals surface area contributed by atoms with Crippen LogP contribution in [0.5, 0.6) is 5.75 Å². The van der Waals surface area contributed by atoms with Gasteiger partial charge in [0.1, 0.15) is 0 Å². The molecule has 7 heteroatoms. The Labute approximate surface area is 161 Å². The number of benzene rings is 1. The fourth-order valence-electron chi connectivity index (χ4n) is 2.93. The molecule has 1 N–H and O–H groups in total. The van der Waals surface area contributed by atoms with Gasteiger partial charge in [-0.3, -0.25) is 4.90 Å². The maximum Gasteiger partial charge on any atom is 0.355 e. The van der Waals surface area contributed by atoms with Crippen LogP contribution in [-0.2, 0) is 6.42 Å². The van der Waals surface area contributed by atoms with Gasteiger partial charge in [0, 0.05) is 10.4 Å². The maximum absolute atomic E-state index is 14.2. The standard InChI is InChI=1S/C20H21FN2O3S/c21-16-13-15(5-3-11-23-9-1-2-10-23)7-8-17(16)26-12-4-6-18-19(20(24)25)22-14-27-18/h7-8,13-14H,1-2,4,6,9-12H2,(H,24,25). The number of halogens is 1. The third-order valence-electron chi connectivity index (χ3n) is 4.32. The zero-order valence-corrected chi connectivity index (χ0v) is 15.7. The Hall–Kier alpha value is -2.43. The molecule has 1 aliphatic heterocycles. The summed E-state index contributed by atoms with van der Waals surface area (Å²) in [5.74, 6) is 4.80. The van der Waals surface area contributed by atoms with Gasteiger partial charge in [-0.15, -0.1) is 11.3 Å². The van der Waals surface area contributed by atoms with Crippen molar-refractivity contribution in [1.29, 1.82) is 0 Å². The van der Waals surface area contributed by atoms with Gasteiger partial charge in [0.05, 0.1) is 18.7 Å². The highest BCUT2D eigenvalue weighted by molar-refractivity contribution is 7.09. The van der Waals surface area contributed by atoms with Crippen LogP contribution in [0.25, 0.3) is 0 Å². The maximum atomic E-state index is 14.2. The van der Waals surface area contributed by atoms with Gasteiger partial charge in [-0.05, 0) is 57.0 Å². The summed E-state index contributed by atoms with van der Waals surface area (Å²) >= 11 is 1.31. The summed E-state index contributed by atoms with van der Waals surface area (Å²) in [7, 11) is 0. The summed E-state index contributed by atoms with van der Waals surface area (Å²) < 4.78 is 19.6. The summed E-state index contributed by atoms with van der Waals surface area (Å²) in [5, 5.41) is 9.02. The first-order valence-corrected chi connectivity index (χ1v) is 9.80. The minimum Gasteiger partial charge on any atom is -0.491 e. The molecule has 5 nitrogen and oxygen atoms in total. The number of likely N-dealkylation sites (tertiary alicyclic amines) is 1. The fourth-order valence-corrected chi connectivity index (χ4v) is 3.73. The molecular formula is C20H21FN2O3S. The number of aromatic carboxylic acids is 1. The van der Waals surface area contributed by atoms with Gasteiger partial charge in [0.25, 0.3) is 0 Å². The summed E-state index contributed by atoms with van der Waals surface area (Å²) in [5.41, 5.74) is 2.24. The zero-order chi connectivity index (χ0) is 19.1. The summed E-state index contributed by atoms with van der Waals surface area (Å²) in [6.07, 6.45) is 3.57. The number of hydrogen-bond donors (Lipinski definition) is 1. The lowest BCUT2D eigenvalue weighted by Gasteiger charge is -2.08. The second-order valence-electron chi connectivity index (χ2n) is 6.31. The average molecular weight is 388 g/mol. The van der Waals surface area contributed by atoms with Crippen LogP contribution in [0.4, 0.5) is 4.39 Å². The topological polar surface area (TPSA) is 62.7 Å². The normalized spacial score (nSPS) is 14.0. The van der Waals surface area contributed by atoms with Crippen molar-refractivity contribution in [2.75, 3.05) is 26.2 Å². The Balaban J connectivity index is 1.47. The van der Waals surface area contributed by atoms with Gasteiger partial charge in [-0.25, -0.2) is 14.2 Å². The molecule has 0 atom stereocenters. The number of aryl methyl sites for hydroxylation is 1. The molecule has 0 unspecified atom stereocenters. The molecule has 2 heterocycles. The molecule has 2 aromatic rings. The van der Waals surface area contributed by atoms with E-state index in [1.165, 1.54) is 35.8 Å². The Kier molecular flexibility index (Phi) is 6.80. The van der Waals surface area contributed by atoms with Crippen molar-refractivity contribution in [1.82, 2.24) is 9.88 Å². The molecule has 0 amide bonds. The van der Waals surface area contributed by atoms with Gasteiger partial charge in [-0.2, -0.15) is 0 Å². The van der Waals surface area contributed by atoms with Crippen molar-refractivity contribution in [3.63, 3.8) is 0 Å². The number of nitrogens with zero attached hydrogens (tertiary/aromatic N) is 2. The van der Waals surface area contributed by atoms with Crippen molar-refractivity contribution in [2.45, 2.75) is 25.7 Å². The van der Waals surface area contributed by atoms with Crippen LogP contribution in [-0.4, -0.2) is 47.2 Å². The molecule has 0 aliphatic carbocycles. The monoisotopic (exact) mass is 388 g/mol. The minimum atomic E-state index is -1.03. The van der Waals surface area contributed by atoms with Crippen LogP contribution in [0.1, 0.15) is 40.2 Å². The van der Waals surface area contributed by atoms with E-state index in [-0.39, 0.29) is 11.4 Å². The number of aromatic nitrogens is 1. The number of thiazole rings is 1. The first kappa shape index (κ1) is 19.3. The van der Waals surface area contributed by atoms with Crippen LogP contribution < -0.4 is 4.74 Å². The summed E-state index contributed by atoms with van der Waals surface area (Å²) in [6.45, 7) is 3.19. The molecule has 1 fully saturated rings. The molecule has 0 bridgehead atoms. The van der Waals surface area contributed by atoms with Crippen molar-refractivity contribution in [3.8, 4) is 17.6 Å². The Morgan fingerprint density at radius 1 is 1.37 bits per heavy atom. The lowest BCUT2D eigenvalue weighted by atomic mass is 10.2. The Bertz CT molecular complexity index is 850. The average Bonchev–Trinajstić information content (AvgIpc) is 3.32. The van der Waals surface area contributed by atoms with E-state index in [0.717, 1.165) is 19.6 Å². The quantitative estimate of drug-likeness (QED) is 0.582. The first-order valence-electron chi connectivity index (χ1n) is 8.92. The summed E-state index contributed by atoms with van der Waals surface area (Å²) in [6, 6.07) is 4.73. The predicted octanol–water partition coefficient (Wildman–Crippen LogP) is 3.44. The number of rotatable bonds is 7. The van der Waals surface area contributed by atoms with Crippen molar-refractivity contribution >= 4 is 17.3 Å². The number of carbonyl (C=O) groups is 1. The highest BCUT2D eigenvalue weighted by Gasteiger charge is 2.13. The number of carboxylic acids is 1. The van der Waals surface area contributed by atoms with E-state index in [1.807, 2.05) is 0 Å². The van der Waals surface area contributed by atoms with E-state index in [9.17, 15) is 9.18 Å². The lowest BCUT2D eigenvalue weighted by molar-refractivity contribution is 0.0690. The first-order chi connectivity index (χ1) is 13.1. The van der Waals surface area contributed by atoms with E-state index in [1.54, 1.807) is 12.1 Å². The van der Waals surface area contributed by atoms with E-state index < -0.39 is 11.8 Å².